The van der Waals surface area contributed by atoms with Crippen LogP contribution in [0.2, 0.25) is 0 Å². The van der Waals surface area contributed by atoms with E-state index in [0.717, 1.165) is 31.0 Å². The molecule has 0 saturated carbocycles. The number of hydrogen-bond acceptors (Lipinski definition) is 4. The molecule has 0 radical (unpaired) electrons. The van der Waals surface area contributed by atoms with Crippen molar-refractivity contribution >= 4 is 11.8 Å². The molecular formula is C14H21NO2S. The molecule has 1 aromatic heterocycles. The number of furan rings is 1. The van der Waals surface area contributed by atoms with Gasteiger partial charge < -0.3 is 14.9 Å². The smallest absolute Gasteiger partial charge is 0.105 e. The molecule has 1 aromatic rings. The van der Waals surface area contributed by atoms with Crippen molar-refractivity contribution in [1.82, 2.24) is 0 Å². The highest BCUT2D eigenvalue weighted by Crippen LogP contribution is 2.43. The molecule has 3 rings (SSSR count). The van der Waals surface area contributed by atoms with Crippen molar-refractivity contribution in [2.75, 3.05) is 18.1 Å². The van der Waals surface area contributed by atoms with Crippen molar-refractivity contribution in [3.05, 3.63) is 23.7 Å². The second-order valence-electron chi connectivity index (χ2n) is 5.54. The summed E-state index contributed by atoms with van der Waals surface area (Å²) in [6.45, 7) is 2.85. The average molecular weight is 267 g/mol. The van der Waals surface area contributed by atoms with E-state index in [9.17, 15) is 0 Å². The van der Waals surface area contributed by atoms with Gasteiger partial charge in [0.25, 0.3) is 0 Å². The zero-order chi connectivity index (χ0) is 12.6. The van der Waals surface area contributed by atoms with E-state index < -0.39 is 0 Å². The maximum Gasteiger partial charge on any atom is 0.105 e. The molecule has 2 fully saturated rings. The molecule has 4 heteroatoms. The van der Waals surface area contributed by atoms with E-state index in [2.05, 4.69) is 0 Å². The lowest BCUT2D eigenvalue weighted by atomic mass is 9.79. The van der Waals surface area contributed by atoms with E-state index in [-0.39, 0.29) is 11.6 Å². The van der Waals surface area contributed by atoms with E-state index in [1.54, 1.807) is 6.26 Å². The Labute approximate surface area is 112 Å². The first-order chi connectivity index (χ1) is 8.70. The molecule has 0 bridgehead atoms. The van der Waals surface area contributed by atoms with Crippen molar-refractivity contribution in [3.63, 3.8) is 0 Å². The molecule has 0 aromatic carbocycles. The molecule has 2 aliphatic heterocycles. The fraction of sp³-hybridized carbons (Fsp3) is 0.714. The Kier molecular flexibility index (Phi) is 3.43. The number of aryl methyl sites for hydroxylation is 1. The third-order valence-electron chi connectivity index (χ3n) is 4.36. The first-order valence-electron chi connectivity index (χ1n) is 6.71. The Morgan fingerprint density at radius 3 is 3.11 bits per heavy atom. The van der Waals surface area contributed by atoms with Crippen LogP contribution in [-0.4, -0.2) is 23.7 Å². The standard InChI is InChI=1S/C14H21NO2S/c1-10-12(3-5-16-10)13(15)11-2-6-17-14(8-11)4-7-18-9-14/h3,5,11,13H,2,4,6-9,15H2,1H3. The fourth-order valence-corrected chi connectivity index (χ4v) is 4.61. The summed E-state index contributed by atoms with van der Waals surface area (Å²) < 4.78 is 11.4. The van der Waals surface area contributed by atoms with Gasteiger partial charge in [0, 0.05) is 24.0 Å². The highest BCUT2D eigenvalue weighted by Gasteiger charge is 2.42. The summed E-state index contributed by atoms with van der Waals surface area (Å²) in [5.41, 5.74) is 7.73. The lowest BCUT2D eigenvalue weighted by Gasteiger charge is -2.40. The Bertz CT molecular complexity index is 412. The number of nitrogens with two attached hydrogens (primary N) is 1. The zero-order valence-corrected chi connectivity index (χ0v) is 11.7. The quantitative estimate of drug-likeness (QED) is 0.895. The highest BCUT2D eigenvalue weighted by atomic mass is 32.2. The number of rotatable bonds is 2. The van der Waals surface area contributed by atoms with E-state index in [0.29, 0.717) is 5.92 Å². The maximum atomic E-state index is 6.44. The minimum atomic E-state index is 0.0927. The number of thioether (sulfide) groups is 1. The van der Waals surface area contributed by atoms with Gasteiger partial charge in [-0.05, 0) is 43.9 Å². The lowest BCUT2D eigenvalue weighted by Crippen LogP contribution is -2.42. The summed E-state index contributed by atoms with van der Waals surface area (Å²) in [6, 6.07) is 2.11. The van der Waals surface area contributed by atoms with Crippen LogP contribution in [0, 0.1) is 12.8 Å². The molecule has 0 amide bonds. The summed E-state index contributed by atoms with van der Waals surface area (Å²) in [5.74, 6) is 3.85. The molecule has 3 atom stereocenters. The molecule has 0 aliphatic carbocycles. The molecular weight excluding hydrogens is 246 g/mol. The van der Waals surface area contributed by atoms with E-state index in [1.165, 1.54) is 17.7 Å². The molecule has 2 N–H and O–H groups in total. The van der Waals surface area contributed by atoms with Crippen molar-refractivity contribution in [1.29, 1.82) is 0 Å². The molecule has 1 spiro atoms. The molecule has 3 unspecified atom stereocenters. The average Bonchev–Trinajstić information content (AvgIpc) is 2.98. The van der Waals surface area contributed by atoms with Gasteiger partial charge >= 0.3 is 0 Å². The topological polar surface area (TPSA) is 48.4 Å². The first kappa shape index (κ1) is 12.6. The summed E-state index contributed by atoms with van der Waals surface area (Å²) in [7, 11) is 0. The highest BCUT2D eigenvalue weighted by molar-refractivity contribution is 7.99. The maximum absolute atomic E-state index is 6.44. The van der Waals surface area contributed by atoms with Crippen LogP contribution in [0.4, 0.5) is 0 Å². The van der Waals surface area contributed by atoms with Gasteiger partial charge in [-0.1, -0.05) is 0 Å². The predicted octanol–water partition coefficient (Wildman–Crippen LogP) is 2.89. The van der Waals surface area contributed by atoms with Gasteiger partial charge in [0.1, 0.15) is 5.76 Å². The number of hydrogen-bond donors (Lipinski definition) is 1. The Balaban J connectivity index is 1.74. The van der Waals surface area contributed by atoms with Gasteiger partial charge in [0.15, 0.2) is 0 Å². The van der Waals surface area contributed by atoms with E-state index in [1.807, 2.05) is 24.8 Å². The van der Waals surface area contributed by atoms with Crippen molar-refractivity contribution in [2.45, 2.75) is 37.8 Å². The monoisotopic (exact) mass is 267 g/mol. The van der Waals surface area contributed by atoms with Gasteiger partial charge in [0.2, 0.25) is 0 Å². The Morgan fingerprint density at radius 2 is 2.44 bits per heavy atom. The van der Waals surface area contributed by atoms with Gasteiger partial charge in [0.05, 0.1) is 11.9 Å². The van der Waals surface area contributed by atoms with Gasteiger partial charge in [-0.3, -0.25) is 0 Å². The minimum Gasteiger partial charge on any atom is -0.469 e. The van der Waals surface area contributed by atoms with Crippen LogP contribution in [0.25, 0.3) is 0 Å². The molecule has 100 valence electrons. The first-order valence-corrected chi connectivity index (χ1v) is 7.87. The third-order valence-corrected chi connectivity index (χ3v) is 5.59. The Morgan fingerprint density at radius 1 is 1.56 bits per heavy atom. The van der Waals surface area contributed by atoms with Crippen LogP contribution in [0.5, 0.6) is 0 Å². The zero-order valence-electron chi connectivity index (χ0n) is 10.9. The van der Waals surface area contributed by atoms with Crippen LogP contribution in [0.15, 0.2) is 16.7 Å². The SMILES string of the molecule is Cc1occc1C(N)C1CCOC2(CCSC2)C1. The van der Waals surface area contributed by atoms with Crippen LogP contribution in [-0.2, 0) is 4.74 Å². The summed E-state index contributed by atoms with van der Waals surface area (Å²) in [5, 5.41) is 0. The van der Waals surface area contributed by atoms with Gasteiger partial charge in [-0.25, -0.2) is 0 Å². The molecule has 18 heavy (non-hydrogen) atoms. The van der Waals surface area contributed by atoms with Crippen molar-refractivity contribution in [3.8, 4) is 0 Å². The largest absolute Gasteiger partial charge is 0.469 e. The van der Waals surface area contributed by atoms with E-state index in [4.69, 9.17) is 14.9 Å². The summed E-state index contributed by atoms with van der Waals surface area (Å²) >= 11 is 2.01. The third kappa shape index (κ3) is 2.22. The predicted molar refractivity (Wildman–Crippen MR) is 73.7 cm³/mol. The van der Waals surface area contributed by atoms with Crippen molar-refractivity contribution < 1.29 is 9.15 Å². The van der Waals surface area contributed by atoms with Gasteiger partial charge in [-0.2, -0.15) is 11.8 Å². The molecule has 2 saturated heterocycles. The second-order valence-corrected chi connectivity index (χ2v) is 6.65. The fourth-order valence-electron chi connectivity index (χ4n) is 3.23. The summed E-state index contributed by atoms with van der Waals surface area (Å²) in [4.78, 5) is 0. The summed E-state index contributed by atoms with van der Waals surface area (Å²) in [6.07, 6.45) is 5.10. The van der Waals surface area contributed by atoms with Gasteiger partial charge in [-0.15, -0.1) is 0 Å². The molecule has 2 aliphatic rings. The lowest BCUT2D eigenvalue weighted by molar-refractivity contribution is -0.0834. The van der Waals surface area contributed by atoms with Crippen LogP contribution < -0.4 is 5.73 Å². The van der Waals surface area contributed by atoms with Crippen LogP contribution in [0.3, 0.4) is 0 Å². The minimum absolute atomic E-state index is 0.0927. The normalized spacial score (nSPS) is 34.0. The Hall–Kier alpha value is -0.450. The van der Waals surface area contributed by atoms with E-state index >= 15 is 0 Å². The van der Waals surface area contributed by atoms with Crippen LogP contribution in [0.1, 0.15) is 36.6 Å². The van der Waals surface area contributed by atoms with Crippen LogP contribution >= 0.6 is 11.8 Å². The molecule has 3 nitrogen and oxygen atoms in total. The molecule has 3 heterocycles. The van der Waals surface area contributed by atoms with Crippen molar-refractivity contribution in [2.24, 2.45) is 11.7 Å². The number of ether oxygens (including phenoxy) is 1. The second kappa shape index (κ2) is 4.91.